The zero-order valence-electron chi connectivity index (χ0n) is 18.9. The molecule has 1 aromatic heterocycles. The van der Waals surface area contributed by atoms with Crippen molar-refractivity contribution in [1.82, 2.24) is 19.7 Å². The van der Waals surface area contributed by atoms with E-state index in [4.69, 9.17) is 4.74 Å². The lowest BCUT2D eigenvalue weighted by Crippen LogP contribution is -2.28. The van der Waals surface area contributed by atoms with Crippen molar-refractivity contribution in [2.24, 2.45) is 0 Å². The molecule has 0 aliphatic carbocycles. The van der Waals surface area contributed by atoms with Crippen LogP contribution in [-0.2, 0) is 11.3 Å². The number of benzene rings is 2. The number of ether oxygens (including phenoxy) is 2. The number of hydrogen-bond donors (Lipinski definition) is 0. The number of carbonyl (C=O) groups excluding carboxylic acids is 1. The van der Waals surface area contributed by atoms with Gasteiger partial charge in [0.2, 0.25) is 5.91 Å². The Morgan fingerprint density at radius 3 is 2.64 bits per heavy atom. The molecular formula is C23H26F2N4O3S. The summed E-state index contributed by atoms with van der Waals surface area (Å²) in [5.41, 5.74) is 4.02. The first-order chi connectivity index (χ1) is 15.8. The maximum atomic E-state index is 12.7. The normalized spacial score (nSPS) is 11.0. The van der Waals surface area contributed by atoms with Gasteiger partial charge in [0, 0.05) is 19.3 Å². The molecule has 0 aliphatic rings. The number of thioether (sulfide) groups is 1. The first-order valence-electron chi connectivity index (χ1n) is 10.3. The van der Waals surface area contributed by atoms with E-state index in [9.17, 15) is 13.6 Å². The van der Waals surface area contributed by atoms with E-state index < -0.39 is 6.61 Å². The fourth-order valence-corrected chi connectivity index (χ4v) is 3.96. The Balaban J connectivity index is 1.63. The molecule has 33 heavy (non-hydrogen) atoms. The van der Waals surface area contributed by atoms with Crippen LogP contribution in [0.25, 0.3) is 5.69 Å². The summed E-state index contributed by atoms with van der Waals surface area (Å²) in [4.78, 5) is 14.3. The van der Waals surface area contributed by atoms with Crippen molar-refractivity contribution < 1.29 is 23.0 Å². The highest BCUT2D eigenvalue weighted by molar-refractivity contribution is 7.99. The van der Waals surface area contributed by atoms with E-state index in [1.807, 2.05) is 36.6 Å². The van der Waals surface area contributed by atoms with E-state index >= 15 is 0 Å². The molecule has 1 amide bonds. The van der Waals surface area contributed by atoms with Gasteiger partial charge in [-0.05, 0) is 61.7 Å². The highest BCUT2D eigenvalue weighted by atomic mass is 32.2. The van der Waals surface area contributed by atoms with Crippen LogP contribution >= 0.6 is 11.8 Å². The second kappa shape index (κ2) is 11.1. The number of alkyl halides is 2. The molecule has 0 aliphatic heterocycles. The molecule has 0 saturated heterocycles. The van der Waals surface area contributed by atoms with Gasteiger partial charge >= 0.3 is 6.61 Å². The van der Waals surface area contributed by atoms with Crippen LogP contribution in [0.4, 0.5) is 8.78 Å². The van der Waals surface area contributed by atoms with Gasteiger partial charge in [0.15, 0.2) is 16.7 Å². The predicted octanol–water partition coefficient (Wildman–Crippen LogP) is 4.63. The quantitative estimate of drug-likeness (QED) is 0.397. The predicted molar refractivity (Wildman–Crippen MR) is 122 cm³/mol. The number of rotatable bonds is 10. The van der Waals surface area contributed by atoms with Crippen LogP contribution in [0.15, 0.2) is 47.9 Å². The van der Waals surface area contributed by atoms with Crippen LogP contribution in [0.5, 0.6) is 11.5 Å². The average Bonchev–Trinajstić information content (AvgIpc) is 3.24. The number of nitrogens with zero attached hydrogens (tertiary/aromatic N) is 4. The fourth-order valence-electron chi connectivity index (χ4n) is 3.09. The van der Waals surface area contributed by atoms with E-state index in [0.29, 0.717) is 11.8 Å². The maximum absolute atomic E-state index is 12.7. The zero-order chi connectivity index (χ0) is 24.0. The van der Waals surface area contributed by atoms with Crippen LogP contribution in [0.2, 0.25) is 0 Å². The molecule has 3 aromatic rings. The van der Waals surface area contributed by atoms with Crippen LogP contribution < -0.4 is 9.47 Å². The molecule has 0 N–H and O–H groups in total. The van der Waals surface area contributed by atoms with E-state index in [0.717, 1.165) is 16.8 Å². The molecule has 3 rings (SSSR count). The Labute approximate surface area is 195 Å². The number of carbonyl (C=O) groups is 1. The lowest BCUT2D eigenvalue weighted by atomic mass is 10.1. The van der Waals surface area contributed by atoms with Crippen molar-refractivity contribution in [3.63, 3.8) is 0 Å². The lowest BCUT2D eigenvalue weighted by Gasteiger charge is -2.18. The van der Waals surface area contributed by atoms with Gasteiger partial charge in [0.25, 0.3) is 0 Å². The zero-order valence-corrected chi connectivity index (χ0v) is 19.7. The lowest BCUT2D eigenvalue weighted by molar-refractivity contribution is -0.127. The molecule has 0 radical (unpaired) electrons. The molecule has 1 heterocycles. The summed E-state index contributed by atoms with van der Waals surface area (Å²) in [5.74, 6) is 0.239. The van der Waals surface area contributed by atoms with E-state index in [1.165, 1.54) is 23.4 Å². The number of aryl methyl sites for hydroxylation is 2. The Morgan fingerprint density at radius 2 is 1.94 bits per heavy atom. The third kappa shape index (κ3) is 6.44. The molecule has 0 saturated carbocycles. The monoisotopic (exact) mass is 476 g/mol. The molecule has 0 unspecified atom stereocenters. The fraction of sp³-hybridized carbons (Fsp3) is 0.348. The van der Waals surface area contributed by atoms with Crippen molar-refractivity contribution >= 4 is 17.7 Å². The van der Waals surface area contributed by atoms with Crippen molar-refractivity contribution in [3.8, 4) is 17.2 Å². The standard InChI is InChI=1S/C23H26F2N4O3S/c1-5-31-20-11-17(7-9-19(20)32-22(24)25)12-28(4)21(30)13-33-23-27-26-14-29(23)18-8-6-15(2)16(3)10-18/h6-11,14,22H,5,12-13H2,1-4H3. The SMILES string of the molecule is CCOc1cc(CN(C)C(=O)CSc2nncn2-c2ccc(C)c(C)c2)ccc1OC(F)F. The topological polar surface area (TPSA) is 69.5 Å². The van der Waals surface area contributed by atoms with Gasteiger partial charge in [-0.3, -0.25) is 9.36 Å². The Kier molecular flexibility index (Phi) is 8.26. The largest absolute Gasteiger partial charge is 0.490 e. The van der Waals surface area contributed by atoms with Gasteiger partial charge in [-0.25, -0.2) is 0 Å². The molecule has 0 atom stereocenters. The van der Waals surface area contributed by atoms with Gasteiger partial charge in [0.1, 0.15) is 6.33 Å². The van der Waals surface area contributed by atoms with Crippen molar-refractivity contribution in [2.75, 3.05) is 19.4 Å². The number of amides is 1. The summed E-state index contributed by atoms with van der Waals surface area (Å²) in [5, 5.41) is 8.74. The van der Waals surface area contributed by atoms with E-state index in [2.05, 4.69) is 14.9 Å². The maximum Gasteiger partial charge on any atom is 0.387 e. The summed E-state index contributed by atoms with van der Waals surface area (Å²) in [6, 6.07) is 10.7. The van der Waals surface area contributed by atoms with E-state index in [-0.39, 0.29) is 29.7 Å². The second-order valence-electron chi connectivity index (χ2n) is 7.38. The third-order valence-corrected chi connectivity index (χ3v) is 5.91. The molecule has 10 heteroatoms. The third-order valence-electron chi connectivity index (χ3n) is 4.98. The smallest absolute Gasteiger partial charge is 0.387 e. The van der Waals surface area contributed by atoms with Crippen molar-refractivity contribution in [3.05, 3.63) is 59.4 Å². The molecule has 0 spiro atoms. The molecule has 2 aromatic carbocycles. The number of hydrogen-bond acceptors (Lipinski definition) is 6. The van der Waals surface area contributed by atoms with Crippen LogP contribution in [0.3, 0.4) is 0 Å². The van der Waals surface area contributed by atoms with E-state index in [1.54, 1.807) is 37.3 Å². The van der Waals surface area contributed by atoms with Crippen molar-refractivity contribution in [2.45, 2.75) is 39.1 Å². The Morgan fingerprint density at radius 1 is 1.15 bits per heavy atom. The molecule has 7 nitrogen and oxygen atoms in total. The number of aromatic nitrogens is 3. The summed E-state index contributed by atoms with van der Waals surface area (Å²) in [6.07, 6.45) is 1.62. The van der Waals surface area contributed by atoms with Gasteiger partial charge in [-0.2, -0.15) is 8.78 Å². The highest BCUT2D eigenvalue weighted by Crippen LogP contribution is 2.30. The molecule has 0 bridgehead atoms. The summed E-state index contributed by atoms with van der Waals surface area (Å²) in [7, 11) is 1.68. The van der Waals surface area contributed by atoms with Crippen LogP contribution in [-0.4, -0.2) is 51.6 Å². The summed E-state index contributed by atoms with van der Waals surface area (Å²) >= 11 is 1.30. The molecule has 176 valence electrons. The first-order valence-corrected chi connectivity index (χ1v) is 11.3. The summed E-state index contributed by atoms with van der Waals surface area (Å²) < 4.78 is 36.9. The molecular weight excluding hydrogens is 450 g/mol. The first kappa shape index (κ1) is 24.5. The van der Waals surface area contributed by atoms with Crippen molar-refractivity contribution in [1.29, 1.82) is 0 Å². The van der Waals surface area contributed by atoms with Gasteiger partial charge in [0.05, 0.1) is 12.4 Å². The second-order valence-corrected chi connectivity index (χ2v) is 8.33. The minimum Gasteiger partial charge on any atom is -0.490 e. The van der Waals surface area contributed by atoms with Gasteiger partial charge < -0.3 is 14.4 Å². The minimum atomic E-state index is -2.94. The summed E-state index contributed by atoms with van der Waals surface area (Å²) in [6.45, 7) is 3.49. The number of halogens is 2. The van der Waals surface area contributed by atoms with Crippen LogP contribution in [0.1, 0.15) is 23.6 Å². The highest BCUT2D eigenvalue weighted by Gasteiger charge is 2.16. The van der Waals surface area contributed by atoms with Crippen LogP contribution in [0, 0.1) is 13.8 Å². The van der Waals surface area contributed by atoms with Gasteiger partial charge in [-0.15, -0.1) is 10.2 Å². The average molecular weight is 477 g/mol. The Hall–Kier alpha value is -3.14. The molecule has 0 fully saturated rings. The Bertz CT molecular complexity index is 1110. The minimum absolute atomic E-state index is 0.0363. The van der Waals surface area contributed by atoms with Gasteiger partial charge in [-0.1, -0.05) is 23.9 Å².